The number of carbonyl (C=O) groups is 2. The van der Waals surface area contributed by atoms with E-state index in [9.17, 15) is 22.8 Å². The van der Waals surface area contributed by atoms with E-state index < -0.39 is 18.1 Å². The molecule has 1 atom stereocenters. The van der Waals surface area contributed by atoms with Gasteiger partial charge in [0.15, 0.2) is 0 Å². The highest BCUT2D eigenvalue weighted by atomic mass is 19.4. The molecule has 7 nitrogen and oxygen atoms in total. The van der Waals surface area contributed by atoms with Crippen molar-refractivity contribution < 1.29 is 37.0 Å². The minimum Gasteiger partial charge on any atom is -0.489 e. The number of unbranched alkanes of at least 4 members (excludes halogenated alkanes) is 1. The Morgan fingerprint density at radius 3 is 2.33 bits per heavy atom. The minimum absolute atomic E-state index is 0.134. The van der Waals surface area contributed by atoms with Crippen LogP contribution in [0.1, 0.15) is 122 Å². The number of fused-ring (bicyclic) bond motifs is 1. The number of rotatable bonds is 16. The molecule has 51 heavy (non-hydrogen) atoms. The molecule has 0 bridgehead atoms. The molecule has 2 aliphatic carbocycles. The summed E-state index contributed by atoms with van der Waals surface area (Å²) in [5.41, 5.74) is 5.62. The van der Waals surface area contributed by atoms with Gasteiger partial charge in [0.25, 0.3) is 0 Å². The molecule has 1 saturated carbocycles. The Hall–Kier alpha value is -3.92. The number of para-hydroxylation sites is 1. The van der Waals surface area contributed by atoms with Gasteiger partial charge in [-0.1, -0.05) is 48.5 Å². The molecule has 0 radical (unpaired) electrons. The number of ether oxygens (including phenoxy) is 3. The zero-order valence-electron chi connectivity index (χ0n) is 29.9. The van der Waals surface area contributed by atoms with Gasteiger partial charge >= 0.3 is 18.1 Å². The molecule has 1 fully saturated rings. The van der Waals surface area contributed by atoms with Gasteiger partial charge in [0, 0.05) is 24.7 Å². The highest BCUT2D eigenvalue weighted by Crippen LogP contribution is 2.43. The lowest BCUT2D eigenvalue weighted by atomic mass is 9.78. The number of nitrogens with zero attached hydrogens (tertiary/aromatic N) is 2. The average Bonchev–Trinajstić information content (AvgIpc) is 3.14. The van der Waals surface area contributed by atoms with Crippen LogP contribution in [0.25, 0.3) is 0 Å². The van der Waals surface area contributed by atoms with Crippen LogP contribution in [-0.2, 0) is 33.7 Å². The van der Waals surface area contributed by atoms with Gasteiger partial charge in [-0.15, -0.1) is 0 Å². The molecule has 2 aliphatic rings. The van der Waals surface area contributed by atoms with Gasteiger partial charge in [0.2, 0.25) is 0 Å². The largest absolute Gasteiger partial charge is 0.489 e. The summed E-state index contributed by atoms with van der Waals surface area (Å²) in [6.07, 6.45) is 2.90. The van der Waals surface area contributed by atoms with Crippen LogP contribution in [0.4, 0.5) is 13.2 Å². The number of pyridine rings is 1. The Morgan fingerprint density at radius 1 is 0.863 bits per heavy atom. The third-order valence-corrected chi connectivity index (χ3v) is 10.2. The van der Waals surface area contributed by atoms with Crippen molar-refractivity contribution in [3.63, 3.8) is 0 Å². The second-order valence-corrected chi connectivity index (χ2v) is 13.6. The van der Waals surface area contributed by atoms with Gasteiger partial charge in [0.05, 0.1) is 19.1 Å². The predicted octanol–water partition coefficient (Wildman–Crippen LogP) is 9.33. The van der Waals surface area contributed by atoms with E-state index in [1.54, 1.807) is 13.0 Å². The summed E-state index contributed by atoms with van der Waals surface area (Å²) in [6, 6.07) is 20.1. The monoisotopic (exact) mass is 708 g/mol. The van der Waals surface area contributed by atoms with Crippen molar-refractivity contribution in [2.24, 2.45) is 5.92 Å². The average molecular weight is 709 g/mol. The first-order valence-corrected chi connectivity index (χ1v) is 18.6. The molecule has 1 unspecified atom stereocenters. The first-order chi connectivity index (χ1) is 24.7. The minimum atomic E-state index is -4.10. The van der Waals surface area contributed by atoms with Crippen molar-refractivity contribution in [3.8, 4) is 5.75 Å². The number of aryl methyl sites for hydroxylation is 1. The Kier molecular flexibility index (Phi) is 13.9. The van der Waals surface area contributed by atoms with Gasteiger partial charge in [-0.3, -0.25) is 9.69 Å². The molecule has 1 heterocycles. The molecule has 3 aromatic rings. The van der Waals surface area contributed by atoms with E-state index in [4.69, 9.17) is 19.2 Å². The summed E-state index contributed by atoms with van der Waals surface area (Å²) in [5, 5.41) is 0. The molecule has 0 amide bonds. The van der Waals surface area contributed by atoms with Crippen LogP contribution in [-0.4, -0.2) is 54.3 Å². The standard InChI is InChI=1S/C41H51F3N2O5/c1-3-49-39(47)14-7-8-26-46(37-12-9-11-35-34(37)23-24-36(45-35)40(48)50-4-2)27-25-32-10-5-6-13-38(32)51-28-29-15-17-30(18-16-29)31-19-21-33(22-20-31)41(42,43)44/h5-6,10,13,15-18,23-24,31,33,37H,3-4,7-9,11-12,14,19-22,25-28H2,1-2H3. The van der Waals surface area contributed by atoms with Gasteiger partial charge < -0.3 is 14.2 Å². The zero-order chi connectivity index (χ0) is 36.2. The number of hydrogen-bond donors (Lipinski definition) is 0. The summed E-state index contributed by atoms with van der Waals surface area (Å²) in [6.45, 7) is 6.25. The van der Waals surface area contributed by atoms with E-state index in [2.05, 4.69) is 11.0 Å². The first-order valence-electron chi connectivity index (χ1n) is 18.6. The lowest BCUT2D eigenvalue weighted by Gasteiger charge is -2.36. The van der Waals surface area contributed by atoms with E-state index in [-0.39, 0.29) is 30.8 Å². The topological polar surface area (TPSA) is 78.0 Å². The molecular weight excluding hydrogens is 657 g/mol. The van der Waals surface area contributed by atoms with E-state index >= 15 is 0 Å². The van der Waals surface area contributed by atoms with Crippen molar-refractivity contribution >= 4 is 11.9 Å². The summed E-state index contributed by atoms with van der Waals surface area (Å²) in [5.74, 6) is -0.765. The lowest BCUT2D eigenvalue weighted by molar-refractivity contribution is -0.182. The van der Waals surface area contributed by atoms with Crippen molar-refractivity contribution in [3.05, 3.63) is 94.3 Å². The number of hydrogen-bond acceptors (Lipinski definition) is 7. The predicted molar refractivity (Wildman–Crippen MR) is 190 cm³/mol. The number of halogens is 3. The fourth-order valence-electron chi connectivity index (χ4n) is 7.49. The number of esters is 2. The van der Waals surface area contributed by atoms with Crippen LogP contribution >= 0.6 is 0 Å². The Balaban J connectivity index is 1.23. The van der Waals surface area contributed by atoms with Crippen molar-refractivity contribution in [1.29, 1.82) is 0 Å². The van der Waals surface area contributed by atoms with E-state index in [0.29, 0.717) is 44.8 Å². The van der Waals surface area contributed by atoms with Gasteiger partial charge in [-0.25, -0.2) is 9.78 Å². The highest BCUT2D eigenvalue weighted by Gasteiger charge is 2.41. The number of carbonyl (C=O) groups excluding carboxylic acids is 2. The fraction of sp³-hybridized carbons (Fsp3) is 0.537. The molecule has 0 spiro atoms. The van der Waals surface area contributed by atoms with Crippen molar-refractivity contribution in [2.75, 3.05) is 26.3 Å². The van der Waals surface area contributed by atoms with Gasteiger partial charge in [0.1, 0.15) is 18.1 Å². The third-order valence-electron chi connectivity index (χ3n) is 10.2. The quantitative estimate of drug-likeness (QED) is 0.108. The van der Waals surface area contributed by atoms with E-state index in [0.717, 1.165) is 85.3 Å². The van der Waals surface area contributed by atoms with Crippen LogP contribution in [0.3, 0.4) is 0 Å². The molecule has 0 saturated heterocycles. The summed E-state index contributed by atoms with van der Waals surface area (Å²) in [7, 11) is 0. The van der Waals surface area contributed by atoms with Crippen LogP contribution in [0.15, 0.2) is 60.7 Å². The summed E-state index contributed by atoms with van der Waals surface area (Å²) >= 11 is 0. The number of aromatic nitrogens is 1. The number of benzene rings is 2. The van der Waals surface area contributed by atoms with Crippen molar-refractivity contribution in [1.82, 2.24) is 9.88 Å². The van der Waals surface area contributed by atoms with E-state index in [1.807, 2.05) is 55.5 Å². The molecular formula is C41H51F3N2O5. The molecule has 0 N–H and O–H groups in total. The maximum absolute atomic E-state index is 13.1. The molecule has 5 rings (SSSR count). The Labute approximate surface area is 299 Å². The molecule has 0 aliphatic heterocycles. The second kappa shape index (κ2) is 18.5. The molecule has 2 aromatic carbocycles. The zero-order valence-corrected chi connectivity index (χ0v) is 29.9. The van der Waals surface area contributed by atoms with Crippen LogP contribution in [0.5, 0.6) is 5.75 Å². The highest BCUT2D eigenvalue weighted by molar-refractivity contribution is 5.87. The first kappa shape index (κ1) is 38.3. The van der Waals surface area contributed by atoms with E-state index in [1.165, 1.54) is 0 Å². The van der Waals surface area contributed by atoms with Crippen LogP contribution in [0, 0.1) is 5.92 Å². The van der Waals surface area contributed by atoms with Crippen LogP contribution in [0.2, 0.25) is 0 Å². The summed E-state index contributed by atoms with van der Waals surface area (Å²) in [4.78, 5) is 31.6. The second-order valence-electron chi connectivity index (χ2n) is 13.6. The third kappa shape index (κ3) is 10.8. The normalized spacial score (nSPS) is 19.0. The summed E-state index contributed by atoms with van der Waals surface area (Å²) < 4.78 is 56.0. The molecule has 1 aromatic heterocycles. The maximum atomic E-state index is 13.1. The number of alkyl halides is 3. The van der Waals surface area contributed by atoms with Crippen LogP contribution < -0.4 is 4.74 Å². The Bertz CT molecular complexity index is 1570. The van der Waals surface area contributed by atoms with Gasteiger partial charge in [-0.05, 0) is 125 Å². The van der Waals surface area contributed by atoms with Crippen molar-refractivity contribution in [2.45, 2.75) is 109 Å². The molecule has 276 valence electrons. The fourth-order valence-corrected chi connectivity index (χ4v) is 7.49. The Morgan fingerprint density at radius 2 is 1.61 bits per heavy atom. The lowest BCUT2D eigenvalue weighted by Crippen LogP contribution is -2.34. The smallest absolute Gasteiger partial charge is 0.391 e. The van der Waals surface area contributed by atoms with Gasteiger partial charge in [-0.2, -0.15) is 13.2 Å². The maximum Gasteiger partial charge on any atom is 0.391 e. The molecule has 10 heteroatoms. The SMILES string of the molecule is CCOC(=O)CCCCN(CCc1ccccc1OCc1ccc(C2CCC(C(F)(F)F)CC2)cc1)C1CCCc2nc(C(=O)OCC)ccc21.